The summed E-state index contributed by atoms with van der Waals surface area (Å²) >= 11 is 0. The Morgan fingerprint density at radius 2 is 1.70 bits per heavy atom. The van der Waals surface area contributed by atoms with Gasteiger partial charge in [-0.1, -0.05) is 19.1 Å². The zero-order valence-electron chi connectivity index (χ0n) is 14.2. The van der Waals surface area contributed by atoms with Crippen molar-refractivity contribution >= 4 is 27.5 Å². The lowest BCUT2D eigenvalue weighted by molar-refractivity contribution is -0.142. The third kappa shape index (κ3) is 2.80. The Balaban J connectivity index is 1.97. The van der Waals surface area contributed by atoms with E-state index in [1.54, 1.807) is 0 Å². The first kappa shape index (κ1) is 17.9. The Bertz CT molecular complexity index is 1090. The van der Waals surface area contributed by atoms with E-state index in [0.29, 0.717) is 18.4 Å². The zero-order chi connectivity index (χ0) is 19.5. The second-order valence-electron chi connectivity index (χ2n) is 6.94. The van der Waals surface area contributed by atoms with E-state index in [2.05, 4.69) is 6.92 Å². The van der Waals surface area contributed by atoms with Crippen molar-refractivity contribution in [1.29, 1.82) is 0 Å². The molecule has 0 fully saturated rings. The highest BCUT2D eigenvalue weighted by atomic mass is 19.4. The molecule has 142 valence electrons. The summed E-state index contributed by atoms with van der Waals surface area (Å²) in [6.07, 6.45) is -0.970. The van der Waals surface area contributed by atoms with Gasteiger partial charge in [-0.15, -0.1) is 0 Å². The van der Waals surface area contributed by atoms with Gasteiger partial charge < -0.3 is 4.42 Å². The van der Waals surface area contributed by atoms with E-state index in [-0.39, 0.29) is 21.9 Å². The predicted molar refractivity (Wildman–Crippen MR) is 89.6 cm³/mol. The van der Waals surface area contributed by atoms with Gasteiger partial charge in [0.25, 0.3) is 0 Å². The highest BCUT2D eigenvalue weighted by Crippen LogP contribution is 2.42. The third-order valence-electron chi connectivity index (χ3n) is 5.07. The first-order chi connectivity index (χ1) is 12.7. The number of rotatable bonds is 1. The van der Waals surface area contributed by atoms with Crippen LogP contribution in [0.3, 0.4) is 0 Å². The Labute approximate surface area is 150 Å². The molecular weight excluding hydrogens is 370 g/mol. The second-order valence-corrected chi connectivity index (χ2v) is 6.94. The summed E-state index contributed by atoms with van der Waals surface area (Å²) in [4.78, 5) is 0. The molecule has 0 spiro atoms. The van der Waals surface area contributed by atoms with Crippen LogP contribution in [0.4, 0.5) is 26.3 Å². The number of allylic oxidation sites excluding steroid dienone is 2. The molecule has 7 heteroatoms. The van der Waals surface area contributed by atoms with Gasteiger partial charge in [0.1, 0.15) is 11.4 Å². The fourth-order valence-electron chi connectivity index (χ4n) is 3.59. The SMILES string of the molecule is CC1CC=C(c2ccc3c(oc4c(F)c(C(F)(F)F)c(F)cc43)c2F)CC1. The lowest BCUT2D eigenvalue weighted by Gasteiger charge is -2.18. The zero-order valence-corrected chi connectivity index (χ0v) is 14.2. The van der Waals surface area contributed by atoms with Gasteiger partial charge in [-0.25, -0.2) is 13.2 Å². The minimum absolute atomic E-state index is 0.0301. The van der Waals surface area contributed by atoms with Gasteiger partial charge in [0.2, 0.25) is 0 Å². The minimum Gasteiger partial charge on any atom is -0.450 e. The van der Waals surface area contributed by atoms with Crippen LogP contribution in [0.5, 0.6) is 0 Å². The van der Waals surface area contributed by atoms with E-state index in [1.165, 1.54) is 12.1 Å². The summed E-state index contributed by atoms with van der Waals surface area (Å²) in [7, 11) is 0. The van der Waals surface area contributed by atoms with Crippen LogP contribution >= 0.6 is 0 Å². The molecule has 4 rings (SSSR count). The molecule has 2 aromatic carbocycles. The van der Waals surface area contributed by atoms with Crippen molar-refractivity contribution in [3.63, 3.8) is 0 Å². The monoisotopic (exact) mass is 384 g/mol. The summed E-state index contributed by atoms with van der Waals surface area (Å²) in [5.74, 6) is -3.92. The van der Waals surface area contributed by atoms with Crippen LogP contribution in [0, 0.1) is 23.4 Å². The molecule has 1 unspecified atom stereocenters. The van der Waals surface area contributed by atoms with Crippen LogP contribution in [0.15, 0.2) is 28.7 Å². The average Bonchev–Trinajstić information content (AvgIpc) is 2.95. The van der Waals surface area contributed by atoms with Crippen molar-refractivity contribution in [3.8, 4) is 0 Å². The van der Waals surface area contributed by atoms with Gasteiger partial charge in [0, 0.05) is 16.3 Å². The molecule has 0 amide bonds. The molecule has 0 saturated heterocycles. The molecule has 27 heavy (non-hydrogen) atoms. The van der Waals surface area contributed by atoms with Crippen molar-refractivity contribution in [2.75, 3.05) is 0 Å². The lowest BCUT2D eigenvalue weighted by atomic mass is 9.87. The molecule has 3 aromatic rings. The largest absolute Gasteiger partial charge is 0.450 e. The van der Waals surface area contributed by atoms with Crippen molar-refractivity contribution in [2.45, 2.75) is 32.4 Å². The topological polar surface area (TPSA) is 13.1 Å². The van der Waals surface area contributed by atoms with Crippen LogP contribution in [-0.4, -0.2) is 0 Å². The Kier molecular flexibility index (Phi) is 4.01. The molecule has 1 heterocycles. The van der Waals surface area contributed by atoms with E-state index in [1.807, 2.05) is 6.08 Å². The van der Waals surface area contributed by atoms with E-state index >= 15 is 0 Å². The number of alkyl halides is 3. The molecule has 1 nitrogen and oxygen atoms in total. The molecule has 0 radical (unpaired) electrons. The molecule has 1 aliphatic rings. The number of halogens is 6. The first-order valence-electron chi connectivity index (χ1n) is 8.47. The molecule has 1 atom stereocenters. The third-order valence-corrected chi connectivity index (χ3v) is 5.07. The molecule has 0 bridgehead atoms. The molecular formula is C20H14F6O. The second kappa shape index (κ2) is 6.04. The molecule has 1 aromatic heterocycles. The summed E-state index contributed by atoms with van der Waals surface area (Å²) in [6, 6.07) is 3.43. The summed E-state index contributed by atoms with van der Waals surface area (Å²) in [6.45, 7) is 2.08. The van der Waals surface area contributed by atoms with Gasteiger partial charge in [-0.2, -0.15) is 13.2 Å². The predicted octanol–water partition coefficient (Wildman–Crippen LogP) is 7.23. The number of benzene rings is 2. The van der Waals surface area contributed by atoms with E-state index in [9.17, 15) is 26.3 Å². The highest BCUT2D eigenvalue weighted by molar-refractivity contribution is 6.06. The average molecular weight is 384 g/mol. The Hall–Kier alpha value is -2.44. The smallest absolute Gasteiger partial charge is 0.422 e. The highest BCUT2D eigenvalue weighted by Gasteiger charge is 2.40. The van der Waals surface area contributed by atoms with Crippen LogP contribution < -0.4 is 0 Å². The van der Waals surface area contributed by atoms with Gasteiger partial charge in [-0.05, 0) is 42.9 Å². The summed E-state index contributed by atoms with van der Waals surface area (Å²) in [5, 5.41) is -0.202. The van der Waals surface area contributed by atoms with Crippen molar-refractivity contribution in [2.24, 2.45) is 5.92 Å². The fraction of sp³-hybridized carbons (Fsp3) is 0.300. The van der Waals surface area contributed by atoms with Gasteiger partial charge >= 0.3 is 6.18 Å². The number of furan rings is 1. The Morgan fingerprint density at radius 3 is 2.33 bits per heavy atom. The maximum Gasteiger partial charge on any atom is 0.422 e. The van der Waals surface area contributed by atoms with Crippen LogP contribution in [0.2, 0.25) is 0 Å². The molecule has 0 N–H and O–H groups in total. The van der Waals surface area contributed by atoms with E-state index in [4.69, 9.17) is 4.42 Å². The molecule has 0 saturated carbocycles. The maximum atomic E-state index is 15.0. The normalized spacial score (nSPS) is 18.3. The van der Waals surface area contributed by atoms with Crippen molar-refractivity contribution in [3.05, 3.63) is 52.9 Å². The summed E-state index contributed by atoms with van der Waals surface area (Å²) < 4.78 is 87.0. The maximum absolute atomic E-state index is 15.0. The quantitative estimate of drug-likeness (QED) is 0.404. The van der Waals surface area contributed by atoms with Gasteiger partial charge in [0.15, 0.2) is 22.8 Å². The number of hydrogen-bond donors (Lipinski definition) is 0. The van der Waals surface area contributed by atoms with Crippen LogP contribution in [-0.2, 0) is 6.18 Å². The van der Waals surface area contributed by atoms with Gasteiger partial charge in [0.05, 0.1) is 0 Å². The Morgan fingerprint density at radius 1 is 1.00 bits per heavy atom. The molecule has 1 aliphatic carbocycles. The summed E-state index contributed by atoms with van der Waals surface area (Å²) in [5.41, 5.74) is -2.18. The first-order valence-corrected chi connectivity index (χ1v) is 8.47. The lowest BCUT2D eigenvalue weighted by Crippen LogP contribution is -2.11. The van der Waals surface area contributed by atoms with Crippen LogP contribution in [0.1, 0.15) is 37.3 Å². The molecule has 0 aliphatic heterocycles. The number of hydrogen-bond acceptors (Lipinski definition) is 1. The van der Waals surface area contributed by atoms with E-state index in [0.717, 1.165) is 18.4 Å². The minimum atomic E-state index is -5.23. The number of fused-ring (bicyclic) bond motifs is 3. The fourth-order valence-corrected chi connectivity index (χ4v) is 3.59. The van der Waals surface area contributed by atoms with E-state index < -0.39 is 34.8 Å². The van der Waals surface area contributed by atoms with Crippen LogP contribution in [0.25, 0.3) is 27.5 Å². The standard InChI is InChI=1S/C20H14F6O/c1-9-2-4-10(5-3-9)11-6-7-12-13-8-14(21)15(20(24,25)26)17(23)19(13)27-18(12)16(11)22/h4,6-9H,2-3,5H2,1H3. The van der Waals surface area contributed by atoms with Crippen molar-refractivity contribution in [1.82, 2.24) is 0 Å². The van der Waals surface area contributed by atoms with Crippen molar-refractivity contribution < 1.29 is 30.8 Å². The van der Waals surface area contributed by atoms with Gasteiger partial charge in [-0.3, -0.25) is 0 Å².